The lowest BCUT2D eigenvalue weighted by molar-refractivity contribution is -0.171. The van der Waals surface area contributed by atoms with Gasteiger partial charge in [0, 0.05) is 6.54 Å². The minimum atomic E-state index is -3.17. The van der Waals surface area contributed by atoms with Crippen molar-refractivity contribution in [2.45, 2.75) is 44.6 Å². The summed E-state index contributed by atoms with van der Waals surface area (Å²) in [6, 6.07) is 26.4. The van der Waals surface area contributed by atoms with Crippen molar-refractivity contribution < 1.29 is 23.5 Å². The molecule has 3 aromatic carbocycles. The van der Waals surface area contributed by atoms with E-state index < -0.39 is 23.5 Å². The predicted octanol–water partition coefficient (Wildman–Crippen LogP) is 4.47. The van der Waals surface area contributed by atoms with E-state index in [0.29, 0.717) is 0 Å². The molecule has 174 valence electrons. The number of halogens is 2. The number of hydrogen-bond acceptors (Lipinski definition) is 4. The zero-order valence-electron chi connectivity index (χ0n) is 18.6. The first-order valence-corrected chi connectivity index (χ1v) is 10.6. The number of carbonyl (C=O) groups excluding carboxylic acids is 1. The van der Waals surface area contributed by atoms with Crippen LogP contribution in [0.2, 0.25) is 0 Å². The molecule has 2 atom stereocenters. The molecule has 0 aromatic heterocycles. The SMILES string of the molecule is CC(NCc1ccc(-c2ccccc2)cc1)(C(=O)NOCc1ccccc1)C(C)(O)C(F)F. The summed E-state index contributed by atoms with van der Waals surface area (Å²) in [5.41, 5.74) is 1.14. The van der Waals surface area contributed by atoms with Gasteiger partial charge in [-0.1, -0.05) is 84.9 Å². The lowest BCUT2D eigenvalue weighted by atomic mass is 9.81. The van der Waals surface area contributed by atoms with Gasteiger partial charge in [0.2, 0.25) is 0 Å². The third kappa shape index (κ3) is 5.82. The van der Waals surface area contributed by atoms with E-state index >= 15 is 0 Å². The highest BCUT2D eigenvalue weighted by molar-refractivity contribution is 5.86. The molecule has 3 aromatic rings. The molecule has 0 bridgehead atoms. The van der Waals surface area contributed by atoms with E-state index in [4.69, 9.17) is 4.84 Å². The van der Waals surface area contributed by atoms with Crippen LogP contribution in [0.3, 0.4) is 0 Å². The van der Waals surface area contributed by atoms with E-state index in [1.165, 1.54) is 6.92 Å². The first-order chi connectivity index (χ1) is 15.7. The van der Waals surface area contributed by atoms with E-state index in [1.54, 1.807) is 12.1 Å². The number of aliphatic hydroxyl groups is 1. The van der Waals surface area contributed by atoms with Gasteiger partial charge in [-0.2, -0.15) is 0 Å². The number of hydrogen-bond donors (Lipinski definition) is 3. The van der Waals surface area contributed by atoms with Crippen LogP contribution in [0, 0.1) is 0 Å². The first-order valence-electron chi connectivity index (χ1n) is 10.6. The van der Waals surface area contributed by atoms with Gasteiger partial charge in [-0.25, -0.2) is 14.3 Å². The zero-order valence-corrected chi connectivity index (χ0v) is 18.6. The molecular formula is C26H28F2N2O3. The van der Waals surface area contributed by atoms with Crippen LogP contribution in [0.4, 0.5) is 8.78 Å². The Morgan fingerprint density at radius 3 is 2.00 bits per heavy atom. The second-order valence-corrected chi connectivity index (χ2v) is 8.20. The van der Waals surface area contributed by atoms with E-state index in [2.05, 4.69) is 10.8 Å². The number of benzene rings is 3. The van der Waals surface area contributed by atoms with Crippen molar-refractivity contribution in [2.75, 3.05) is 0 Å². The fourth-order valence-corrected chi connectivity index (χ4v) is 3.29. The van der Waals surface area contributed by atoms with Crippen molar-refractivity contribution in [3.63, 3.8) is 0 Å². The Morgan fingerprint density at radius 2 is 1.42 bits per heavy atom. The maximum absolute atomic E-state index is 13.7. The largest absolute Gasteiger partial charge is 0.382 e. The minimum absolute atomic E-state index is 0.0560. The molecule has 0 aliphatic carbocycles. The van der Waals surface area contributed by atoms with Crippen LogP contribution in [-0.4, -0.2) is 28.6 Å². The lowest BCUT2D eigenvalue weighted by Crippen LogP contribution is -2.69. The summed E-state index contributed by atoms with van der Waals surface area (Å²) in [5, 5.41) is 13.4. The van der Waals surface area contributed by atoms with Crippen molar-refractivity contribution in [3.05, 3.63) is 96.1 Å². The summed E-state index contributed by atoms with van der Waals surface area (Å²) >= 11 is 0. The molecule has 3 N–H and O–H groups in total. The molecular weight excluding hydrogens is 426 g/mol. The summed E-state index contributed by atoms with van der Waals surface area (Å²) in [7, 11) is 0. The van der Waals surface area contributed by atoms with Crippen LogP contribution in [0.1, 0.15) is 25.0 Å². The van der Waals surface area contributed by atoms with E-state index in [1.807, 2.05) is 72.8 Å². The van der Waals surface area contributed by atoms with Gasteiger partial charge in [0.1, 0.15) is 11.1 Å². The van der Waals surface area contributed by atoms with Crippen molar-refractivity contribution in [1.82, 2.24) is 10.8 Å². The lowest BCUT2D eigenvalue weighted by Gasteiger charge is -2.41. The van der Waals surface area contributed by atoms with Crippen LogP contribution in [-0.2, 0) is 22.8 Å². The van der Waals surface area contributed by atoms with Crippen LogP contribution < -0.4 is 10.8 Å². The number of nitrogens with one attached hydrogen (secondary N) is 2. The van der Waals surface area contributed by atoms with Crippen LogP contribution in [0.15, 0.2) is 84.9 Å². The molecule has 1 amide bonds. The molecule has 0 fully saturated rings. The summed E-state index contributed by atoms with van der Waals surface area (Å²) in [5.74, 6) is -0.898. The molecule has 2 unspecified atom stereocenters. The third-order valence-corrected chi connectivity index (χ3v) is 5.84. The van der Waals surface area contributed by atoms with Crippen LogP contribution in [0.5, 0.6) is 0 Å². The minimum Gasteiger partial charge on any atom is -0.382 e. The number of alkyl halides is 2. The average Bonchev–Trinajstić information content (AvgIpc) is 2.83. The maximum Gasteiger partial charge on any atom is 0.268 e. The Balaban J connectivity index is 1.70. The number of hydroxylamine groups is 1. The van der Waals surface area contributed by atoms with E-state index in [0.717, 1.165) is 29.2 Å². The van der Waals surface area contributed by atoms with E-state index in [9.17, 15) is 18.7 Å². The van der Waals surface area contributed by atoms with Crippen molar-refractivity contribution in [3.8, 4) is 11.1 Å². The molecule has 0 saturated carbocycles. The highest BCUT2D eigenvalue weighted by Gasteiger charge is 2.55. The molecule has 0 radical (unpaired) electrons. The van der Waals surface area contributed by atoms with Gasteiger partial charge in [-0.3, -0.25) is 14.9 Å². The molecule has 0 heterocycles. The Hall–Kier alpha value is -3.13. The van der Waals surface area contributed by atoms with Gasteiger partial charge < -0.3 is 5.11 Å². The van der Waals surface area contributed by atoms with Gasteiger partial charge >= 0.3 is 0 Å². The molecule has 5 nitrogen and oxygen atoms in total. The predicted molar refractivity (Wildman–Crippen MR) is 123 cm³/mol. The van der Waals surface area contributed by atoms with Crippen molar-refractivity contribution in [1.29, 1.82) is 0 Å². The Labute approximate surface area is 192 Å². The third-order valence-electron chi connectivity index (χ3n) is 5.84. The summed E-state index contributed by atoms with van der Waals surface area (Å²) in [6.45, 7) is 2.31. The first kappa shape index (κ1) is 24.5. The highest BCUT2D eigenvalue weighted by atomic mass is 19.3. The summed E-state index contributed by atoms with van der Waals surface area (Å²) in [4.78, 5) is 18.1. The number of amides is 1. The monoisotopic (exact) mass is 454 g/mol. The van der Waals surface area contributed by atoms with Gasteiger partial charge in [-0.05, 0) is 36.1 Å². The Kier molecular flexibility index (Phi) is 7.92. The normalized spacial score (nSPS) is 15.0. The fourth-order valence-electron chi connectivity index (χ4n) is 3.29. The van der Waals surface area contributed by atoms with Crippen molar-refractivity contribution in [2.24, 2.45) is 0 Å². The van der Waals surface area contributed by atoms with Crippen LogP contribution >= 0.6 is 0 Å². The standard InChI is InChI=1S/C26H28F2N2O3/c1-25(26(2,32)23(27)28,24(31)30-33-18-20-9-5-3-6-10-20)29-17-19-13-15-22(16-14-19)21-11-7-4-8-12-21/h3-16,23,29,32H,17-18H2,1-2H3,(H,30,31). The molecule has 0 saturated heterocycles. The van der Waals surface area contributed by atoms with Crippen molar-refractivity contribution >= 4 is 5.91 Å². The average molecular weight is 455 g/mol. The summed E-state index contributed by atoms with van der Waals surface area (Å²) < 4.78 is 27.4. The topological polar surface area (TPSA) is 70.6 Å². The fraction of sp³-hybridized carbons (Fsp3) is 0.269. The highest BCUT2D eigenvalue weighted by Crippen LogP contribution is 2.30. The van der Waals surface area contributed by atoms with Gasteiger partial charge in [-0.15, -0.1) is 0 Å². The smallest absolute Gasteiger partial charge is 0.268 e. The second-order valence-electron chi connectivity index (χ2n) is 8.20. The molecule has 33 heavy (non-hydrogen) atoms. The molecule has 7 heteroatoms. The van der Waals surface area contributed by atoms with Gasteiger partial charge in [0.05, 0.1) is 6.61 Å². The number of carbonyl (C=O) groups is 1. The van der Waals surface area contributed by atoms with Gasteiger partial charge in [0.15, 0.2) is 0 Å². The maximum atomic E-state index is 13.7. The molecule has 0 aliphatic heterocycles. The Morgan fingerprint density at radius 1 is 0.879 bits per heavy atom. The Bertz CT molecular complexity index is 1030. The molecule has 3 rings (SSSR count). The van der Waals surface area contributed by atoms with E-state index in [-0.39, 0.29) is 13.2 Å². The summed E-state index contributed by atoms with van der Waals surface area (Å²) in [6.07, 6.45) is -3.17. The molecule has 0 aliphatic rings. The quantitative estimate of drug-likeness (QED) is 0.396. The second kappa shape index (κ2) is 10.7. The molecule has 0 spiro atoms. The van der Waals surface area contributed by atoms with Gasteiger partial charge in [0.25, 0.3) is 12.3 Å². The number of rotatable bonds is 10. The zero-order chi connectivity index (χ0) is 23.9. The van der Waals surface area contributed by atoms with Crippen LogP contribution in [0.25, 0.3) is 11.1 Å².